The van der Waals surface area contributed by atoms with Crippen molar-refractivity contribution in [3.05, 3.63) is 0 Å². The number of aliphatic hydroxyl groups excluding tert-OH is 1. The Labute approximate surface area is 139 Å². The summed E-state index contributed by atoms with van der Waals surface area (Å²) in [5.74, 6) is -3.14. The van der Waals surface area contributed by atoms with Gasteiger partial charge in [-0.05, 0) is 27.2 Å². The second-order valence-corrected chi connectivity index (χ2v) is 7.45. The first-order chi connectivity index (χ1) is 11.0. The summed E-state index contributed by atoms with van der Waals surface area (Å²) in [6, 6.07) is 0. The number of aliphatic hydroxyl groups is 2. The zero-order valence-corrected chi connectivity index (χ0v) is 14.2. The zero-order valence-electron chi connectivity index (χ0n) is 14.2. The van der Waals surface area contributed by atoms with Crippen molar-refractivity contribution in [2.45, 2.75) is 63.1 Å². The SMILES string of the molecule is C[C@@H]1CCO[C@]2([C@H](O)[C@]3(C)COC(C)(C)O3)NC(=O)[C@@]1(O)NC2=O. The van der Waals surface area contributed by atoms with Crippen LogP contribution in [-0.2, 0) is 23.8 Å². The lowest BCUT2D eigenvalue weighted by molar-refractivity contribution is -0.247. The molecule has 4 aliphatic rings. The first kappa shape index (κ1) is 17.6. The quantitative estimate of drug-likeness (QED) is 0.484. The standard InChI is InChI=1S/C15H24N2O7/c1-8-5-6-22-15(11(20)16-14(8,21)10(19)17-15)9(18)13(4)7-23-12(2,3)24-13/h8-9,18,21H,5-7H2,1-4H3,(H,16,20)(H,17,19)/t8-,9-,13+,14-,15+/m1/s1. The van der Waals surface area contributed by atoms with Crippen LogP contribution in [0.15, 0.2) is 0 Å². The normalized spacial score (nSPS) is 46.0. The molecular weight excluding hydrogens is 320 g/mol. The molecule has 4 rings (SSSR count). The summed E-state index contributed by atoms with van der Waals surface area (Å²) in [5, 5.41) is 26.1. The predicted octanol–water partition coefficient (Wildman–Crippen LogP) is -1.42. The third-order valence-corrected chi connectivity index (χ3v) is 5.03. The van der Waals surface area contributed by atoms with E-state index in [9.17, 15) is 19.8 Å². The predicted molar refractivity (Wildman–Crippen MR) is 79.2 cm³/mol. The average Bonchev–Trinajstić information content (AvgIpc) is 2.77. The van der Waals surface area contributed by atoms with Gasteiger partial charge in [0.05, 0.1) is 13.2 Å². The van der Waals surface area contributed by atoms with Gasteiger partial charge in [0.15, 0.2) is 5.79 Å². The van der Waals surface area contributed by atoms with Crippen molar-refractivity contribution < 1.29 is 34.0 Å². The highest BCUT2D eigenvalue weighted by atomic mass is 16.8. The summed E-state index contributed by atoms with van der Waals surface area (Å²) >= 11 is 0. The fourth-order valence-corrected chi connectivity index (χ4v) is 3.47. The summed E-state index contributed by atoms with van der Waals surface area (Å²) in [4.78, 5) is 25.1. The number of nitrogens with one attached hydrogen (secondary N) is 2. The fraction of sp³-hybridized carbons (Fsp3) is 0.867. The van der Waals surface area contributed by atoms with Crippen molar-refractivity contribution in [1.29, 1.82) is 0 Å². The second-order valence-electron chi connectivity index (χ2n) is 7.45. The molecule has 0 aromatic rings. The first-order valence-electron chi connectivity index (χ1n) is 7.99. The van der Waals surface area contributed by atoms with Crippen LogP contribution in [0.25, 0.3) is 0 Å². The van der Waals surface area contributed by atoms with Crippen molar-refractivity contribution in [3.63, 3.8) is 0 Å². The number of carbonyl (C=O) groups excluding carboxylic acids is 2. The summed E-state index contributed by atoms with van der Waals surface area (Å²) in [6.07, 6.45) is -1.22. The number of hydrogen-bond acceptors (Lipinski definition) is 7. The van der Waals surface area contributed by atoms with Crippen molar-refractivity contribution >= 4 is 11.8 Å². The highest BCUT2D eigenvalue weighted by molar-refractivity contribution is 6.01. The molecule has 4 fully saturated rings. The van der Waals surface area contributed by atoms with Crippen LogP contribution < -0.4 is 10.6 Å². The maximum absolute atomic E-state index is 12.7. The molecule has 0 aliphatic carbocycles. The summed E-state index contributed by atoms with van der Waals surface area (Å²) in [6.45, 7) is 6.66. The number of fused-ring (bicyclic) bond motifs is 5. The Hall–Kier alpha value is -1.26. The average molecular weight is 344 g/mol. The van der Waals surface area contributed by atoms with Gasteiger partial charge in [-0.3, -0.25) is 9.59 Å². The summed E-state index contributed by atoms with van der Waals surface area (Å²) < 4.78 is 16.9. The lowest BCUT2D eigenvalue weighted by Crippen LogP contribution is -2.83. The molecule has 24 heavy (non-hydrogen) atoms. The highest BCUT2D eigenvalue weighted by Crippen LogP contribution is 2.40. The maximum Gasteiger partial charge on any atom is 0.278 e. The van der Waals surface area contributed by atoms with E-state index in [4.69, 9.17) is 14.2 Å². The van der Waals surface area contributed by atoms with Crippen LogP contribution in [0.2, 0.25) is 0 Å². The molecule has 2 bridgehead atoms. The van der Waals surface area contributed by atoms with Crippen molar-refractivity contribution in [3.8, 4) is 0 Å². The van der Waals surface area contributed by atoms with Crippen LogP contribution in [0, 0.1) is 5.92 Å². The Morgan fingerprint density at radius 1 is 1.17 bits per heavy atom. The molecule has 0 radical (unpaired) electrons. The maximum atomic E-state index is 12.7. The number of hydrogen-bond donors (Lipinski definition) is 4. The molecule has 9 heteroatoms. The van der Waals surface area contributed by atoms with E-state index in [1.807, 2.05) is 0 Å². The van der Waals surface area contributed by atoms with Crippen molar-refractivity contribution in [1.82, 2.24) is 10.6 Å². The number of amides is 2. The van der Waals surface area contributed by atoms with Crippen LogP contribution in [-0.4, -0.2) is 64.2 Å². The third kappa shape index (κ3) is 2.34. The minimum absolute atomic E-state index is 0.0100. The zero-order chi connectivity index (χ0) is 18.0. The van der Waals surface area contributed by atoms with Crippen LogP contribution in [0.5, 0.6) is 0 Å². The summed E-state index contributed by atoms with van der Waals surface area (Å²) in [7, 11) is 0. The van der Waals surface area contributed by atoms with Gasteiger partial charge in [-0.1, -0.05) is 6.92 Å². The lowest BCUT2D eigenvalue weighted by atomic mass is 9.83. The lowest BCUT2D eigenvalue weighted by Gasteiger charge is -2.51. The highest BCUT2D eigenvalue weighted by Gasteiger charge is 2.66. The molecule has 5 atom stereocenters. The van der Waals surface area contributed by atoms with Crippen LogP contribution in [0.3, 0.4) is 0 Å². The van der Waals surface area contributed by atoms with E-state index in [-0.39, 0.29) is 13.2 Å². The van der Waals surface area contributed by atoms with Crippen molar-refractivity contribution in [2.24, 2.45) is 5.92 Å². The van der Waals surface area contributed by atoms with Crippen LogP contribution in [0.4, 0.5) is 0 Å². The Kier molecular flexibility index (Phi) is 3.75. The molecule has 2 amide bonds. The van der Waals surface area contributed by atoms with Gasteiger partial charge < -0.3 is 35.1 Å². The number of carbonyl (C=O) groups is 2. The minimum atomic E-state index is -2.05. The van der Waals surface area contributed by atoms with Gasteiger partial charge in [0.25, 0.3) is 17.5 Å². The largest absolute Gasteiger partial charge is 0.384 e. The van der Waals surface area contributed by atoms with Gasteiger partial charge in [-0.25, -0.2) is 0 Å². The molecule has 4 aliphatic heterocycles. The molecule has 4 N–H and O–H groups in total. The van der Waals surface area contributed by atoms with Crippen molar-refractivity contribution in [2.75, 3.05) is 13.2 Å². The molecule has 0 unspecified atom stereocenters. The second kappa shape index (κ2) is 5.12. The number of rotatable bonds is 2. The molecule has 0 saturated carbocycles. The Balaban J connectivity index is 1.97. The van der Waals surface area contributed by atoms with E-state index in [0.29, 0.717) is 6.42 Å². The van der Waals surface area contributed by atoms with Gasteiger partial charge in [0.1, 0.15) is 11.7 Å². The number of piperazine rings is 1. The number of ether oxygens (including phenoxy) is 3. The van der Waals surface area contributed by atoms with E-state index < -0.39 is 46.7 Å². The molecule has 0 aromatic heterocycles. The molecule has 0 spiro atoms. The molecule has 9 nitrogen and oxygen atoms in total. The molecular formula is C15H24N2O7. The van der Waals surface area contributed by atoms with E-state index in [1.54, 1.807) is 27.7 Å². The van der Waals surface area contributed by atoms with Gasteiger partial charge in [0.2, 0.25) is 5.72 Å². The monoisotopic (exact) mass is 344 g/mol. The third-order valence-electron chi connectivity index (χ3n) is 5.03. The van der Waals surface area contributed by atoms with E-state index in [0.717, 1.165) is 0 Å². The molecule has 136 valence electrons. The Morgan fingerprint density at radius 2 is 1.83 bits per heavy atom. The van der Waals surface area contributed by atoms with Gasteiger partial charge in [-0.15, -0.1) is 0 Å². The molecule has 4 heterocycles. The minimum Gasteiger partial charge on any atom is -0.384 e. The first-order valence-corrected chi connectivity index (χ1v) is 7.99. The Bertz CT molecular complexity index is 582. The fourth-order valence-electron chi connectivity index (χ4n) is 3.47. The van der Waals surface area contributed by atoms with Gasteiger partial charge in [0, 0.05) is 5.92 Å². The van der Waals surface area contributed by atoms with Gasteiger partial charge in [-0.2, -0.15) is 0 Å². The van der Waals surface area contributed by atoms with E-state index in [2.05, 4.69) is 10.6 Å². The van der Waals surface area contributed by atoms with Crippen LogP contribution in [0.1, 0.15) is 34.1 Å². The summed E-state index contributed by atoms with van der Waals surface area (Å²) in [5.41, 5.74) is -5.37. The topological polar surface area (TPSA) is 126 Å². The van der Waals surface area contributed by atoms with Crippen LogP contribution >= 0.6 is 0 Å². The Morgan fingerprint density at radius 3 is 2.42 bits per heavy atom. The molecule has 0 aromatic carbocycles. The van der Waals surface area contributed by atoms with E-state index in [1.165, 1.54) is 0 Å². The smallest absolute Gasteiger partial charge is 0.278 e. The van der Waals surface area contributed by atoms with E-state index >= 15 is 0 Å². The van der Waals surface area contributed by atoms with Gasteiger partial charge >= 0.3 is 0 Å². The molecule has 4 saturated heterocycles.